The predicted octanol–water partition coefficient (Wildman–Crippen LogP) is 5.24. The van der Waals surface area contributed by atoms with Crippen LogP contribution in [0.5, 0.6) is 23.0 Å². The molecule has 0 radical (unpaired) electrons. The molecule has 0 aromatic heterocycles. The van der Waals surface area contributed by atoms with Crippen molar-refractivity contribution in [2.75, 3.05) is 32.8 Å². The maximum Gasteiger partial charge on any atom is 0.260 e. The Balaban J connectivity index is 1.03. The van der Waals surface area contributed by atoms with Gasteiger partial charge in [0.1, 0.15) is 6.04 Å². The van der Waals surface area contributed by atoms with Gasteiger partial charge in [-0.25, -0.2) is 0 Å². The number of unbranched alkanes of at least 4 members (excludes halogenated alkanes) is 2. The molecule has 2 aromatic rings. The number of methoxy groups -OCH3 is 2. The number of rotatable bonds is 10. The number of benzene rings is 2. The SMILES string of the molecule is COc1cc2c(cc1OCCCCCOc1cc3c(cc1OC)C(=O)N1C=C(C)C[C@H]1C(=O)N3)N=CC1CC(C)=CN1C2=O. The zero-order chi connectivity index (χ0) is 31.0. The van der Waals surface area contributed by atoms with Crippen LogP contribution in [0.25, 0.3) is 0 Å². The molecule has 44 heavy (non-hydrogen) atoms. The van der Waals surface area contributed by atoms with Gasteiger partial charge in [0.25, 0.3) is 11.8 Å². The summed E-state index contributed by atoms with van der Waals surface area (Å²) in [5, 5.41) is 2.89. The Bertz CT molecular complexity index is 1610. The van der Waals surface area contributed by atoms with E-state index in [1.165, 1.54) is 12.0 Å². The first-order chi connectivity index (χ1) is 21.3. The number of fused-ring (bicyclic) bond motifs is 4. The molecule has 0 fully saturated rings. The van der Waals surface area contributed by atoms with E-state index in [-0.39, 0.29) is 23.8 Å². The third-order valence-corrected chi connectivity index (χ3v) is 8.22. The van der Waals surface area contributed by atoms with Gasteiger partial charge in [0.05, 0.1) is 56.0 Å². The maximum atomic E-state index is 13.2. The van der Waals surface area contributed by atoms with Gasteiger partial charge in [-0.3, -0.25) is 19.4 Å². The van der Waals surface area contributed by atoms with Gasteiger partial charge in [-0.15, -0.1) is 0 Å². The van der Waals surface area contributed by atoms with Crippen molar-refractivity contribution in [1.29, 1.82) is 0 Å². The second-order valence-electron chi connectivity index (χ2n) is 11.5. The molecule has 1 unspecified atom stereocenters. The average molecular weight is 601 g/mol. The fraction of sp³-hybridized carbons (Fsp3) is 0.394. The molecule has 2 aromatic carbocycles. The molecule has 3 amide bonds. The van der Waals surface area contributed by atoms with Crippen molar-refractivity contribution in [2.45, 2.75) is 58.0 Å². The third-order valence-electron chi connectivity index (χ3n) is 8.22. The smallest absolute Gasteiger partial charge is 0.260 e. The van der Waals surface area contributed by atoms with E-state index in [4.69, 9.17) is 18.9 Å². The molecule has 0 bridgehead atoms. The largest absolute Gasteiger partial charge is 0.493 e. The molecular weight excluding hydrogens is 564 g/mol. The van der Waals surface area contributed by atoms with Crippen LogP contribution in [-0.2, 0) is 4.79 Å². The Hall–Kier alpha value is -4.80. The van der Waals surface area contributed by atoms with E-state index in [2.05, 4.69) is 10.3 Å². The summed E-state index contributed by atoms with van der Waals surface area (Å²) in [6.07, 6.45) is 9.08. The van der Waals surface area contributed by atoms with E-state index in [0.29, 0.717) is 65.1 Å². The summed E-state index contributed by atoms with van der Waals surface area (Å²) < 4.78 is 23.1. The van der Waals surface area contributed by atoms with Crippen molar-refractivity contribution in [2.24, 2.45) is 4.99 Å². The van der Waals surface area contributed by atoms with E-state index in [1.54, 1.807) is 42.5 Å². The zero-order valence-corrected chi connectivity index (χ0v) is 25.3. The maximum absolute atomic E-state index is 13.2. The Kier molecular flexibility index (Phi) is 8.03. The fourth-order valence-electron chi connectivity index (χ4n) is 5.97. The summed E-state index contributed by atoms with van der Waals surface area (Å²) >= 11 is 0. The first kappa shape index (κ1) is 29.3. The molecule has 6 rings (SSSR count). The van der Waals surface area contributed by atoms with Gasteiger partial charge in [0.2, 0.25) is 5.91 Å². The van der Waals surface area contributed by atoms with Crippen molar-refractivity contribution >= 4 is 35.3 Å². The number of aliphatic imine (C=N–C) groups is 1. The third kappa shape index (κ3) is 5.49. The summed E-state index contributed by atoms with van der Waals surface area (Å²) in [6, 6.07) is 6.13. The van der Waals surface area contributed by atoms with Crippen LogP contribution in [0.1, 0.15) is 66.7 Å². The number of nitrogens with zero attached hydrogens (tertiary/aromatic N) is 3. The van der Waals surface area contributed by atoms with Crippen molar-refractivity contribution in [3.8, 4) is 23.0 Å². The highest BCUT2D eigenvalue weighted by atomic mass is 16.5. The lowest BCUT2D eigenvalue weighted by molar-refractivity contribution is -0.119. The highest BCUT2D eigenvalue weighted by molar-refractivity contribution is 6.11. The predicted molar refractivity (Wildman–Crippen MR) is 164 cm³/mol. The molecule has 2 atom stereocenters. The van der Waals surface area contributed by atoms with Crippen LogP contribution in [0, 0.1) is 0 Å². The second kappa shape index (κ2) is 12.1. The molecule has 0 spiro atoms. The van der Waals surface area contributed by atoms with Crippen molar-refractivity contribution in [1.82, 2.24) is 9.80 Å². The van der Waals surface area contributed by atoms with Crippen LogP contribution in [0.15, 0.2) is 52.8 Å². The number of ether oxygens (including phenoxy) is 4. The number of nitrogens with one attached hydrogen (secondary N) is 1. The average Bonchev–Trinajstić information content (AvgIpc) is 3.55. The first-order valence-corrected chi connectivity index (χ1v) is 14.8. The minimum Gasteiger partial charge on any atom is -0.493 e. The number of carbonyl (C=O) groups is 3. The zero-order valence-electron chi connectivity index (χ0n) is 25.3. The summed E-state index contributed by atoms with van der Waals surface area (Å²) in [4.78, 5) is 47.0. The quantitative estimate of drug-likeness (QED) is 0.371. The van der Waals surface area contributed by atoms with E-state index in [0.717, 1.165) is 36.8 Å². The van der Waals surface area contributed by atoms with Gasteiger partial charge >= 0.3 is 0 Å². The molecule has 0 saturated heterocycles. The van der Waals surface area contributed by atoms with E-state index < -0.39 is 6.04 Å². The molecule has 11 nitrogen and oxygen atoms in total. The van der Waals surface area contributed by atoms with Gasteiger partial charge in [0.15, 0.2) is 23.0 Å². The summed E-state index contributed by atoms with van der Waals surface area (Å²) in [5.74, 6) is 1.34. The topological polar surface area (TPSA) is 119 Å². The lowest BCUT2D eigenvalue weighted by Gasteiger charge is -2.19. The van der Waals surface area contributed by atoms with Crippen molar-refractivity contribution in [3.05, 3.63) is 58.9 Å². The number of hydrogen-bond acceptors (Lipinski definition) is 8. The Labute approximate surface area is 256 Å². The minimum absolute atomic E-state index is 0.0704. The minimum atomic E-state index is -0.548. The van der Waals surface area contributed by atoms with Crippen LogP contribution < -0.4 is 24.3 Å². The highest BCUT2D eigenvalue weighted by Crippen LogP contribution is 2.40. The Morgan fingerprint density at radius 3 is 2.09 bits per heavy atom. The standard InChI is InChI=1S/C33H36N4O7/c1-19-10-21-16-34-24-14-29(27(41-3)12-22(24)32(39)36(21)17-19)43-8-6-5-7-9-44-30-15-25-23(13-28(30)42-4)33(40)37-18-20(2)11-26(37)31(38)35-25/h12-18,21,26H,5-11H2,1-4H3,(H,35,38)/t21?,26-/m0/s1. The summed E-state index contributed by atoms with van der Waals surface area (Å²) in [6.45, 7) is 4.78. The molecule has 0 saturated carbocycles. The van der Waals surface area contributed by atoms with Gasteiger partial charge in [-0.2, -0.15) is 0 Å². The number of anilines is 1. The van der Waals surface area contributed by atoms with Gasteiger partial charge < -0.3 is 34.1 Å². The van der Waals surface area contributed by atoms with Gasteiger partial charge in [-0.1, -0.05) is 11.1 Å². The molecule has 0 aliphatic carbocycles. The second-order valence-corrected chi connectivity index (χ2v) is 11.5. The van der Waals surface area contributed by atoms with Crippen LogP contribution in [0.4, 0.5) is 11.4 Å². The lowest BCUT2D eigenvalue weighted by atomic mass is 10.1. The normalized spacial score (nSPS) is 20.0. The molecule has 1 N–H and O–H groups in total. The molecule has 4 aliphatic rings. The van der Waals surface area contributed by atoms with Crippen LogP contribution in [0.2, 0.25) is 0 Å². The van der Waals surface area contributed by atoms with E-state index in [9.17, 15) is 14.4 Å². The van der Waals surface area contributed by atoms with Crippen LogP contribution >= 0.6 is 0 Å². The van der Waals surface area contributed by atoms with Crippen LogP contribution in [0.3, 0.4) is 0 Å². The Morgan fingerprint density at radius 1 is 0.773 bits per heavy atom. The monoisotopic (exact) mass is 600 g/mol. The summed E-state index contributed by atoms with van der Waals surface area (Å²) in [7, 11) is 3.08. The van der Waals surface area contributed by atoms with Gasteiger partial charge in [0, 0.05) is 30.7 Å². The van der Waals surface area contributed by atoms with Crippen molar-refractivity contribution in [3.63, 3.8) is 0 Å². The van der Waals surface area contributed by atoms with Crippen molar-refractivity contribution < 1.29 is 33.3 Å². The molecule has 11 heteroatoms. The number of amides is 3. The van der Waals surface area contributed by atoms with Crippen LogP contribution in [-0.4, -0.2) is 73.3 Å². The molecular formula is C33H36N4O7. The highest BCUT2D eigenvalue weighted by Gasteiger charge is 2.38. The first-order valence-electron chi connectivity index (χ1n) is 14.8. The fourth-order valence-corrected chi connectivity index (χ4v) is 5.97. The number of hydrogen-bond donors (Lipinski definition) is 1. The number of carbonyl (C=O) groups excluding carboxylic acids is 3. The van der Waals surface area contributed by atoms with E-state index in [1.807, 2.05) is 26.3 Å². The molecule has 230 valence electrons. The summed E-state index contributed by atoms with van der Waals surface area (Å²) in [5.41, 5.74) is 3.96. The van der Waals surface area contributed by atoms with Gasteiger partial charge in [-0.05, 0) is 58.1 Å². The molecule has 4 aliphatic heterocycles. The Morgan fingerprint density at radius 2 is 1.39 bits per heavy atom. The molecule has 4 heterocycles. The van der Waals surface area contributed by atoms with E-state index >= 15 is 0 Å². The lowest BCUT2D eigenvalue weighted by Crippen LogP contribution is -2.38.